The molecule has 0 aromatic carbocycles. The lowest BCUT2D eigenvalue weighted by atomic mass is 9.97. The maximum Gasteiger partial charge on any atom is 0.401 e. The molecule has 0 aliphatic carbocycles. The van der Waals surface area contributed by atoms with Crippen LogP contribution < -0.4 is 10.6 Å². The molecule has 4 atom stereocenters. The fourth-order valence-electron chi connectivity index (χ4n) is 2.26. The van der Waals surface area contributed by atoms with Crippen molar-refractivity contribution in [3.05, 3.63) is 0 Å². The molecule has 1 heterocycles. The van der Waals surface area contributed by atoms with Crippen molar-refractivity contribution in [1.82, 2.24) is 10.6 Å². The average molecular weight is 394 g/mol. The third kappa shape index (κ3) is 6.22. The van der Waals surface area contributed by atoms with Gasteiger partial charge in [0.2, 0.25) is 12.0 Å². The zero-order chi connectivity index (χ0) is 20.1. The van der Waals surface area contributed by atoms with E-state index in [9.17, 15) is 22.8 Å². The Labute approximate surface area is 152 Å². The molecule has 150 valence electrons. The second kappa shape index (κ2) is 9.28. The van der Waals surface area contributed by atoms with Crippen molar-refractivity contribution in [2.75, 3.05) is 6.54 Å². The average Bonchev–Trinajstić information content (AvgIpc) is 2.87. The molecule has 0 spiro atoms. The zero-order valence-corrected chi connectivity index (χ0v) is 16.0. The minimum Gasteiger partial charge on any atom is -0.479 e. The Morgan fingerprint density at radius 3 is 2.19 bits per heavy atom. The van der Waals surface area contributed by atoms with Gasteiger partial charge in [-0.1, -0.05) is 34.1 Å². The minimum atomic E-state index is -4.58. The molecule has 1 fully saturated rings. The minimum absolute atomic E-state index is 0.264. The van der Waals surface area contributed by atoms with E-state index in [1.165, 1.54) is 0 Å². The van der Waals surface area contributed by atoms with Crippen LogP contribution in [0.5, 0.6) is 0 Å². The number of hydrogen-bond acceptors (Lipinski definition) is 7. The highest BCUT2D eigenvalue weighted by Crippen LogP contribution is 2.22. The summed E-state index contributed by atoms with van der Waals surface area (Å²) in [5.74, 6) is -3.00. The molecule has 0 aromatic heterocycles. The maximum atomic E-state index is 12.4. The van der Waals surface area contributed by atoms with Crippen LogP contribution in [-0.2, 0) is 33.1 Å². The molecule has 0 radical (unpaired) electrons. The smallest absolute Gasteiger partial charge is 0.401 e. The Morgan fingerprint density at radius 1 is 1.12 bits per heavy atom. The molecule has 26 heavy (non-hydrogen) atoms. The lowest BCUT2D eigenvalue weighted by molar-refractivity contribution is -0.150. The van der Waals surface area contributed by atoms with E-state index in [2.05, 4.69) is 19.0 Å². The third-order valence-corrected chi connectivity index (χ3v) is 4.92. The molecule has 2 amide bonds. The van der Waals surface area contributed by atoms with Crippen LogP contribution >= 0.6 is 0 Å². The van der Waals surface area contributed by atoms with Gasteiger partial charge in [-0.05, 0) is 18.3 Å². The first kappa shape index (κ1) is 22.3. The van der Waals surface area contributed by atoms with Crippen molar-refractivity contribution in [1.29, 1.82) is 0 Å². The molecular weight excluding hydrogens is 368 g/mol. The van der Waals surface area contributed by atoms with E-state index >= 15 is 0 Å². The Balaban J connectivity index is 2.85. The zero-order valence-electron chi connectivity index (χ0n) is 15.2. The maximum absolute atomic E-state index is 12.4. The number of nitrogens with one attached hydrogen (secondary N) is 2. The van der Waals surface area contributed by atoms with E-state index in [0.29, 0.717) is 18.9 Å². The molecule has 1 rings (SSSR count). The Bertz CT molecular complexity index is 634. The first-order valence-electron chi connectivity index (χ1n) is 8.40. The lowest BCUT2D eigenvalue weighted by Gasteiger charge is -2.25. The number of rotatable bonds is 9. The number of carboxylic acid groups (broad SMARTS) is 1. The van der Waals surface area contributed by atoms with Crippen molar-refractivity contribution < 1.29 is 36.3 Å². The van der Waals surface area contributed by atoms with Crippen molar-refractivity contribution in [2.45, 2.75) is 58.8 Å². The van der Waals surface area contributed by atoms with Gasteiger partial charge in [-0.15, -0.1) is 0 Å². The standard InChI is InChI=1S/C15H26N2O8S/c1-5-9(4)10(13(18)16-7-6-8(2)3)17-14(19)11-12(15(20)21)25-26(22,23)24-11/h8-12H,5-7H2,1-4H3,(H,16,18)(H,17,19)(H,20,21)/t9?,10-,11-,12-/m0/s1. The number of hydrogen-bond donors (Lipinski definition) is 3. The molecule has 1 unspecified atom stereocenters. The Morgan fingerprint density at radius 2 is 1.69 bits per heavy atom. The summed E-state index contributed by atoms with van der Waals surface area (Å²) in [6.07, 6.45) is -2.58. The second-order valence-corrected chi connectivity index (χ2v) is 7.83. The van der Waals surface area contributed by atoms with Gasteiger partial charge in [0.15, 0.2) is 6.10 Å². The molecule has 10 nitrogen and oxygen atoms in total. The monoisotopic (exact) mass is 394 g/mol. The summed E-state index contributed by atoms with van der Waals surface area (Å²) in [6.45, 7) is 8.00. The summed E-state index contributed by atoms with van der Waals surface area (Å²) in [4.78, 5) is 35.8. The first-order valence-corrected chi connectivity index (χ1v) is 9.74. The predicted molar refractivity (Wildman–Crippen MR) is 90.2 cm³/mol. The summed E-state index contributed by atoms with van der Waals surface area (Å²) in [5.41, 5.74) is 0. The van der Waals surface area contributed by atoms with E-state index in [1.807, 2.05) is 20.8 Å². The molecule has 0 aromatic rings. The molecule has 3 N–H and O–H groups in total. The normalized spacial score (nSPS) is 24.0. The van der Waals surface area contributed by atoms with Crippen molar-refractivity contribution in [2.24, 2.45) is 11.8 Å². The van der Waals surface area contributed by atoms with Gasteiger partial charge in [-0.25, -0.2) is 13.2 Å². The molecule has 1 saturated heterocycles. The van der Waals surface area contributed by atoms with Gasteiger partial charge in [0.25, 0.3) is 5.91 Å². The van der Waals surface area contributed by atoms with Gasteiger partial charge in [0.1, 0.15) is 6.04 Å². The fraction of sp³-hybridized carbons (Fsp3) is 0.800. The number of carbonyl (C=O) groups is 3. The SMILES string of the molecule is CCC(C)[C@H](NC(=O)[C@H]1OS(=O)(=O)O[C@@H]1C(=O)O)C(=O)NCCC(C)C. The van der Waals surface area contributed by atoms with Crippen LogP contribution in [0.2, 0.25) is 0 Å². The highest BCUT2D eigenvalue weighted by molar-refractivity contribution is 7.82. The molecule has 0 saturated carbocycles. The van der Waals surface area contributed by atoms with Crippen LogP contribution in [0.1, 0.15) is 40.5 Å². The Hall–Kier alpha value is -1.72. The van der Waals surface area contributed by atoms with E-state index in [0.717, 1.165) is 6.42 Å². The topological polar surface area (TPSA) is 148 Å². The fourth-order valence-corrected chi connectivity index (χ4v) is 3.19. The predicted octanol–water partition coefficient (Wildman–Crippen LogP) is -0.207. The van der Waals surface area contributed by atoms with Crippen LogP contribution in [0.4, 0.5) is 0 Å². The van der Waals surface area contributed by atoms with Crippen molar-refractivity contribution in [3.8, 4) is 0 Å². The molecule has 1 aliphatic rings. The van der Waals surface area contributed by atoms with Crippen LogP contribution in [-0.4, -0.2) is 56.1 Å². The first-order chi connectivity index (χ1) is 12.0. The van der Waals surface area contributed by atoms with Gasteiger partial charge in [-0.2, -0.15) is 8.42 Å². The summed E-state index contributed by atoms with van der Waals surface area (Å²) in [5, 5.41) is 14.1. The molecule has 11 heteroatoms. The number of amides is 2. The summed E-state index contributed by atoms with van der Waals surface area (Å²) < 4.78 is 31.3. The van der Waals surface area contributed by atoms with Crippen molar-refractivity contribution in [3.63, 3.8) is 0 Å². The summed E-state index contributed by atoms with van der Waals surface area (Å²) >= 11 is 0. The quantitative estimate of drug-likeness (QED) is 0.487. The van der Waals surface area contributed by atoms with Crippen LogP contribution in [0.15, 0.2) is 0 Å². The van der Waals surface area contributed by atoms with Gasteiger partial charge >= 0.3 is 16.4 Å². The summed E-state index contributed by atoms with van der Waals surface area (Å²) in [7, 11) is -4.58. The molecular formula is C15H26N2O8S. The van der Waals surface area contributed by atoms with Crippen LogP contribution in [0.3, 0.4) is 0 Å². The van der Waals surface area contributed by atoms with Gasteiger partial charge < -0.3 is 15.7 Å². The molecule has 1 aliphatic heterocycles. The van der Waals surface area contributed by atoms with Crippen LogP contribution in [0.25, 0.3) is 0 Å². The highest BCUT2D eigenvalue weighted by Gasteiger charge is 2.49. The molecule has 0 bridgehead atoms. The van der Waals surface area contributed by atoms with Gasteiger partial charge in [0, 0.05) is 6.54 Å². The number of carboxylic acids is 1. The lowest BCUT2D eigenvalue weighted by Crippen LogP contribution is -2.54. The number of aliphatic carboxylic acids is 1. The van der Waals surface area contributed by atoms with Crippen LogP contribution in [0, 0.1) is 11.8 Å². The van der Waals surface area contributed by atoms with Crippen molar-refractivity contribution >= 4 is 28.2 Å². The largest absolute Gasteiger partial charge is 0.479 e. The van der Waals surface area contributed by atoms with E-state index < -0.39 is 46.4 Å². The van der Waals surface area contributed by atoms with E-state index in [-0.39, 0.29) is 5.92 Å². The second-order valence-electron chi connectivity index (χ2n) is 6.63. The van der Waals surface area contributed by atoms with Gasteiger partial charge in [0.05, 0.1) is 0 Å². The van der Waals surface area contributed by atoms with E-state index in [1.54, 1.807) is 6.92 Å². The van der Waals surface area contributed by atoms with Gasteiger partial charge in [-0.3, -0.25) is 9.59 Å². The Kier molecular flexibility index (Phi) is 7.97. The summed E-state index contributed by atoms with van der Waals surface area (Å²) in [6, 6.07) is -0.957. The van der Waals surface area contributed by atoms with E-state index in [4.69, 9.17) is 5.11 Å². The number of carbonyl (C=O) groups excluding carboxylic acids is 2. The third-order valence-electron chi connectivity index (χ3n) is 4.03. The highest BCUT2D eigenvalue weighted by atomic mass is 32.3.